The zero-order valence-corrected chi connectivity index (χ0v) is 24.4. The number of aliphatic hydroxyl groups is 1. The minimum absolute atomic E-state index is 0.174. The fourth-order valence-electron chi connectivity index (χ4n) is 6.93. The molecule has 1 aromatic rings. The molecule has 218 valence electrons. The molecule has 1 spiro atoms. The van der Waals surface area contributed by atoms with E-state index in [-0.39, 0.29) is 29.9 Å². The van der Waals surface area contributed by atoms with E-state index in [1.807, 2.05) is 30.3 Å². The fraction of sp³-hybridized carbons (Fsp3) is 0.621. The van der Waals surface area contributed by atoms with Gasteiger partial charge >= 0.3 is 5.97 Å². The van der Waals surface area contributed by atoms with Crippen molar-refractivity contribution >= 4 is 33.7 Å². The number of morpholine rings is 1. The van der Waals surface area contributed by atoms with Crippen LogP contribution in [0.2, 0.25) is 0 Å². The van der Waals surface area contributed by atoms with Gasteiger partial charge in [0.1, 0.15) is 11.6 Å². The summed E-state index contributed by atoms with van der Waals surface area (Å²) < 4.78 is 17.4. The van der Waals surface area contributed by atoms with Gasteiger partial charge in [-0.05, 0) is 18.9 Å². The topological polar surface area (TPSA) is 109 Å². The molecule has 1 N–H and O–H groups in total. The van der Waals surface area contributed by atoms with Crippen LogP contribution in [-0.2, 0) is 28.6 Å². The van der Waals surface area contributed by atoms with Gasteiger partial charge in [-0.15, -0.1) is 6.58 Å². The van der Waals surface area contributed by atoms with E-state index in [1.165, 1.54) is 4.90 Å². The second-order valence-electron chi connectivity index (χ2n) is 10.8. The summed E-state index contributed by atoms with van der Waals surface area (Å²) >= 11 is 3.68. The first kappa shape index (κ1) is 29.2. The summed E-state index contributed by atoms with van der Waals surface area (Å²) in [5.74, 6) is -2.87. The number of benzene rings is 1. The highest BCUT2D eigenvalue weighted by molar-refractivity contribution is 9.09. The molecule has 4 saturated heterocycles. The number of alkyl halides is 1. The van der Waals surface area contributed by atoms with Crippen molar-refractivity contribution in [2.24, 2.45) is 11.8 Å². The molecule has 11 heteroatoms. The molecule has 4 aliphatic heterocycles. The van der Waals surface area contributed by atoms with Crippen molar-refractivity contribution in [3.05, 3.63) is 48.6 Å². The number of esters is 1. The van der Waals surface area contributed by atoms with Crippen molar-refractivity contribution in [3.8, 4) is 0 Å². The van der Waals surface area contributed by atoms with Crippen molar-refractivity contribution in [1.29, 1.82) is 0 Å². The maximum atomic E-state index is 14.6. The third-order valence-corrected chi connectivity index (χ3v) is 9.51. The van der Waals surface area contributed by atoms with Crippen LogP contribution in [0.3, 0.4) is 0 Å². The molecule has 0 saturated carbocycles. The minimum Gasteiger partial charge on any atom is -0.466 e. The lowest BCUT2D eigenvalue weighted by Crippen LogP contribution is -2.58. The average Bonchev–Trinajstić information content (AvgIpc) is 3.56. The van der Waals surface area contributed by atoms with Crippen LogP contribution in [0.5, 0.6) is 0 Å². The standard InChI is InChI=1S/C29H38BrN3O7/c1-3-10-32(12-11-31-13-15-38-16-14-31)27(36)25-29-17-20(30)24(40-29)22(28(37)39-4-2)23(29)26(35)33(25)21(18-34)19-8-6-5-7-9-19/h3,5-9,20-25,34H,1,4,10-18H2,2H3/t20?,21-,22-,23+,24-,25?,29?/m1/s1. The minimum atomic E-state index is -1.23. The van der Waals surface area contributed by atoms with E-state index in [0.717, 1.165) is 13.1 Å². The van der Waals surface area contributed by atoms with Gasteiger partial charge in [0, 0.05) is 37.6 Å². The third-order valence-electron chi connectivity index (χ3n) is 8.66. The molecule has 2 amide bonds. The Hall–Kier alpha value is -2.31. The molecule has 10 nitrogen and oxygen atoms in total. The van der Waals surface area contributed by atoms with Crippen molar-refractivity contribution in [2.75, 3.05) is 59.2 Å². The summed E-state index contributed by atoms with van der Waals surface area (Å²) in [6.07, 6.45) is 1.47. The summed E-state index contributed by atoms with van der Waals surface area (Å²) in [5.41, 5.74) is -0.529. The van der Waals surface area contributed by atoms with Gasteiger partial charge in [-0.1, -0.05) is 52.3 Å². The summed E-state index contributed by atoms with van der Waals surface area (Å²) in [4.78, 5) is 47.4. The first-order valence-corrected chi connectivity index (χ1v) is 15.0. The number of aliphatic hydroxyl groups excluding tert-OH is 1. The number of amides is 2. The van der Waals surface area contributed by atoms with E-state index in [0.29, 0.717) is 44.8 Å². The van der Waals surface area contributed by atoms with Crippen molar-refractivity contribution in [3.63, 3.8) is 0 Å². The zero-order valence-electron chi connectivity index (χ0n) is 22.8. The summed E-state index contributed by atoms with van der Waals surface area (Å²) in [6, 6.07) is 7.36. The Bertz CT molecular complexity index is 1100. The molecule has 4 heterocycles. The Kier molecular flexibility index (Phi) is 8.96. The first-order valence-electron chi connectivity index (χ1n) is 14.0. The predicted molar refractivity (Wildman–Crippen MR) is 149 cm³/mol. The lowest BCUT2D eigenvalue weighted by molar-refractivity contribution is -0.156. The average molecular weight is 621 g/mol. The van der Waals surface area contributed by atoms with E-state index in [2.05, 4.69) is 27.4 Å². The molecule has 1 aromatic carbocycles. The van der Waals surface area contributed by atoms with Gasteiger partial charge in [0.15, 0.2) is 0 Å². The number of halogens is 1. The Morgan fingerprint density at radius 3 is 2.67 bits per heavy atom. The van der Waals surface area contributed by atoms with Gasteiger partial charge in [-0.2, -0.15) is 0 Å². The molecule has 0 radical (unpaired) electrons. The third kappa shape index (κ3) is 5.00. The first-order chi connectivity index (χ1) is 19.4. The molecule has 4 fully saturated rings. The summed E-state index contributed by atoms with van der Waals surface area (Å²) in [6.45, 7) is 9.63. The number of nitrogens with zero attached hydrogens (tertiary/aromatic N) is 3. The number of likely N-dealkylation sites (tertiary alicyclic amines) is 1. The number of ether oxygens (including phenoxy) is 3. The number of hydrogen-bond acceptors (Lipinski definition) is 8. The normalized spacial score (nSPS) is 32.1. The molecule has 2 bridgehead atoms. The molecule has 0 aliphatic carbocycles. The number of carbonyl (C=O) groups is 3. The van der Waals surface area contributed by atoms with Crippen LogP contribution in [0.4, 0.5) is 0 Å². The fourth-order valence-corrected chi connectivity index (χ4v) is 7.87. The number of fused-ring (bicyclic) bond motifs is 1. The highest BCUT2D eigenvalue weighted by Gasteiger charge is 2.77. The molecule has 3 unspecified atom stereocenters. The van der Waals surface area contributed by atoms with Crippen LogP contribution < -0.4 is 0 Å². The largest absolute Gasteiger partial charge is 0.466 e. The summed E-state index contributed by atoms with van der Waals surface area (Å²) in [7, 11) is 0. The quantitative estimate of drug-likeness (QED) is 0.225. The van der Waals surface area contributed by atoms with Crippen LogP contribution in [0.1, 0.15) is 24.9 Å². The zero-order chi connectivity index (χ0) is 28.4. The van der Waals surface area contributed by atoms with E-state index < -0.39 is 41.6 Å². The van der Waals surface area contributed by atoms with Crippen LogP contribution in [-0.4, -0.2) is 119 Å². The van der Waals surface area contributed by atoms with E-state index in [1.54, 1.807) is 17.9 Å². The Labute approximate surface area is 243 Å². The maximum Gasteiger partial charge on any atom is 0.312 e. The monoisotopic (exact) mass is 619 g/mol. The number of hydrogen-bond donors (Lipinski definition) is 1. The molecular weight excluding hydrogens is 582 g/mol. The molecule has 5 rings (SSSR count). The Balaban J connectivity index is 1.54. The van der Waals surface area contributed by atoms with Crippen molar-refractivity contribution < 1.29 is 33.7 Å². The van der Waals surface area contributed by atoms with Gasteiger partial charge in [-0.3, -0.25) is 19.3 Å². The smallest absolute Gasteiger partial charge is 0.312 e. The summed E-state index contributed by atoms with van der Waals surface area (Å²) in [5, 5.41) is 10.6. The van der Waals surface area contributed by atoms with Crippen molar-refractivity contribution in [1.82, 2.24) is 14.7 Å². The Morgan fingerprint density at radius 2 is 2.02 bits per heavy atom. The second-order valence-corrected chi connectivity index (χ2v) is 12.0. The van der Waals surface area contributed by atoms with E-state index in [9.17, 15) is 19.5 Å². The van der Waals surface area contributed by atoms with E-state index in [4.69, 9.17) is 14.2 Å². The number of carbonyl (C=O) groups excluding carboxylic acids is 3. The lowest BCUT2D eigenvalue weighted by atomic mass is 9.70. The second kappa shape index (κ2) is 12.3. The lowest BCUT2D eigenvalue weighted by Gasteiger charge is -2.40. The van der Waals surface area contributed by atoms with Crippen molar-refractivity contribution in [2.45, 2.75) is 42.0 Å². The Morgan fingerprint density at radius 1 is 1.30 bits per heavy atom. The SMILES string of the molecule is C=CCN(CCN1CCOCC1)C(=O)C1N([C@H](CO)c2ccccc2)C(=O)[C@@H]2[C@@H](C(=O)OCC)[C@@H]3OC12CC3Br. The van der Waals surface area contributed by atoms with Crippen LogP contribution >= 0.6 is 15.9 Å². The van der Waals surface area contributed by atoms with Gasteiger partial charge in [0.2, 0.25) is 11.8 Å². The van der Waals surface area contributed by atoms with E-state index >= 15 is 0 Å². The maximum absolute atomic E-state index is 14.6. The van der Waals surface area contributed by atoms with Gasteiger partial charge in [0.25, 0.3) is 0 Å². The predicted octanol–water partition coefficient (Wildman–Crippen LogP) is 1.38. The highest BCUT2D eigenvalue weighted by atomic mass is 79.9. The molecule has 0 aromatic heterocycles. The number of rotatable bonds is 11. The molecule has 7 atom stereocenters. The van der Waals surface area contributed by atoms with Crippen LogP contribution in [0, 0.1) is 11.8 Å². The van der Waals surface area contributed by atoms with Gasteiger partial charge in [0.05, 0.1) is 50.4 Å². The van der Waals surface area contributed by atoms with Crippen LogP contribution in [0.15, 0.2) is 43.0 Å². The molecule has 40 heavy (non-hydrogen) atoms. The molecule has 4 aliphatic rings. The van der Waals surface area contributed by atoms with Gasteiger partial charge < -0.3 is 29.1 Å². The van der Waals surface area contributed by atoms with Crippen LogP contribution in [0.25, 0.3) is 0 Å². The highest BCUT2D eigenvalue weighted by Crippen LogP contribution is 2.61. The van der Waals surface area contributed by atoms with Gasteiger partial charge in [-0.25, -0.2) is 0 Å². The molecular formula is C29H38BrN3O7.